The monoisotopic (exact) mass is 420 g/mol. The average molecular weight is 421 g/mol. The zero-order valence-electron chi connectivity index (χ0n) is 15.5. The van der Waals surface area contributed by atoms with Gasteiger partial charge in [-0.2, -0.15) is 0 Å². The van der Waals surface area contributed by atoms with E-state index in [-0.39, 0.29) is 11.8 Å². The molecule has 0 aliphatic carbocycles. The van der Waals surface area contributed by atoms with Gasteiger partial charge in [0.1, 0.15) is 6.04 Å². The molecule has 0 radical (unpaired) electrons. The van der Waals surface area contributed by atoms with Gasteiger partial charge in [0, 0.05) is 18.7 Å². The van der Waals surface area contributed by atoms with E-state index in [0.29, 0.717) is 35.1 Å². The van der Waals surface area contributed by atoms with Gasteiger partial charge < -0.3 is 15.3 Å². The molecule has 2 N–H and O–H groups in total. The largest absolute Gasteiger partial charge is 0.389 e. The second-order valence-electron chi connectivity index (χ2n) is 6.92. The lowest BCUT2D eigenvalue weighted by molar-refractivity contribution is -0.125. The number of aliphatic hydroxyl groups is 1. The van der Waals surface area contributed by atoms with Crippen LogP contribution in [0.25, 0.3) is 0 Å². The van der Waals surface area contributed by atoms with Gasteiger partial charge in [-0.3, -0.25) is 9.59 Å². The van der Waals surface area contributed by atoms with Crippen molar-refractivity contribution >= 4 is 35.0 Å². The van der Waals surface area contributed by atoms with E-state index in [0.717, 1.165) is 17.5 Å². The van der Waals surface area contributed by atoms with Crippen LogP contribution in [-0.4, -0.2) is 34.4 Å². The van der Waals surface area contributed by atoms with Crippen LogP contribution in [-0.2, 0) is 11.3 Å². The predicted octanol–water partition coefficient (Wildman–Crippen LogP) is 3.97. The molecule has 2 amide bonds. The Morgan fingerprint density at radius 3 is 2.54 bits per heavy atom. The second-order valence-corrected chi connectivity index (χ2v) is 7.74. The Hall–Kier alpha value is -2.08. The smallest absolute Gasteiger partial charge is 0.254 e. The highest BCUT2D eigenvalue weighted by molar-refractivity contribution is 6.42. The van der Waals surface area contributed by atoms with Crippen molar-refractivity contribution in [2.75, 3.05) is 6.54 Å². The summed E-state index contributed by atoms with van der Waals surface area (Å²) < 4.78 is 0. The number of hydrogen-bond donors (Lipinski definition) is 2. The molecular formula is C21H22Cl2N2O3. The molecule has 2 atom stereocenters. The number of nitrogens with zero attached hydrogens (tertiary/aromatic N) is 1. The van der Waals surface area contributed by atoms with Crippen molar-refractivity contribution in [3.05, 3.63) is 69.2 Å². The summed E-state index contributed by atoms with van der Waals surface area (Å²) in [5, 5.41) is 13.2. The number of rotatable bonds is 5. The van der Waals surface area contributed by atoms with Gasteiger partial charge >= 0.3 is 0 Å². The number of halogens is 2. The summed E-state index contributed by atoms with van der Waals surface area (Å²) in [4.78, 5) is 27.1. The molecule has 1 aliphatic rings. The summed E-state index contributed by atoms with van der Waals surface area (Å²) in [5.41, 5.74) is 2.17. The van der Waals surface area contributed by atoms with Gasteiger partial charge in [-0.05, 0) is 49.1 Å². The quantitative estimate of drug-likeness (QED) is 0.768. The van der Waals surface area contributed by atoms with Gasteiger partial charge in [-0.1, -0.05) is 47.5 Å². The lowest BCUT2D eigenvalue weighted by Crippen LogP contribution is -2.45. The number of amides is 2. The highest BCUT2D eigenvalue weighted by Gasteiger charge is 2.34. The lowest BCUT2D eigenvalue weighted by atomic mass is 10.1. The fraction of sp³-hybridized carbons (Fsp3) is 0.333. The van der Waals surface area contributed by atoms with Crippen LogP contribution >= 0.6 is 23.2 Å². The predicted molar refractivity (Wildman–Crippen MR) is 109 cm³/mol. The Labute approximate surface area is 174 Å². The molecular weight excluding hydrogens is 399 g/mol. The number of hydrogen-bond acceptors (Lipinski definition) is 3. The summed E-state index contributed by atoms with van der Waals surface area (Å²) in [6.45, 7) is 2.60. The average Bonchev–Trinajstić information content (AvgIpc) is 3.18. The van der Waals surface area contributed by atoms with Gasteiger partial charge in [-0.15, -0.1) is 0 Å². The van der Waals surface area contributed by atoms with E-state index in [1.54, 1.807) is 24.0 Å². The third kappa shape index (κ3) is 4.66. The fourth-order valence-electron chi connectivity index (χ4n) is 3.30. The molecule has 148 valence electrons. The van der Waals surface area contributed by atoms with Crippen molar-refractivity contribution in [3.8, 4) is 0 Å². The molecule has 5 nitrogen and oxygen atoms in total. The van der Waals surface area contributed by atoms with Crippen LogP contribution in [0.4, 0.5) is 0 Å². The maximum atomic E-state index is 12.8. The number of likely N-dealkylation sites (tertiary alicyclic amines) is 1. The molecule has 1 fully saturated rings. The molecule has 2 aromatic carbocycles. The van der Waals surface area contributed by atoms with E-state index >= 15 is 0 Å². The summed E-state index contributed by atoms with van der Waals surface area (Å²) in [7, 11) is 0. The van der Waals surface area contributed by atoms with Crippen molar-refractivity contribution in [1.82, 2.24) is 10.2 Å². The first-order chi connectivity index (χ1) is 13.4. The van der Waals surface area contributed by atoms with Crippen LogP contribution in [0.5, 0.6) is 0 Å². The standard InChI is InChI=1S/C21H22Cl2N2O3/c1-13(26)15-6-4-14(5-7-15)12-24-20(27)19-3-2-10-25(19)21(28)16-8-9-17(22)18(23)11-16/h4-9,11,13,19,26H,2-3,10,12H2,1H3,(H,24,27)/t13-,19-/m1/s1. The first-order valence-corrected chi connectivity index (χ1v) is 9.93. The van der Waals surface area contributed by atoms with Crippen molar-refractivity contribution < 1.29 is 14.7 Å². The van der Waals surface area contributed by atoms with Gasteiger partial charge in [0.15, 0.2) is 0 Å². The topological polar surface area (TPSA) is 69.6 Å². The number of carbonyl (C=O) groups excluding carboxylic acids is 2. The minimum absolute atomic E-state index is 0.175. The Balaban J connectivity index is 1.63. The van der Waals surface area contributed by atoms with Crippen LogP contribution in [0.15, 0.2) is 42.5 Å². The van der Waals surface area contributed by atoms with Crippen LogP contribution < -0.4 is 5.32 Å². The molecule has 3 rings (SSSR count). The number of benzene rings is 2. The Morgan fingerprint density at radius 1 is 1.18 bits per heavy atom. The number of aliphatic hydroxyl groups excluding tert-OH is 1. The van der Waals surface area contributed by atoms with Crippen molar-refractivity contribution in [1.29, 1.82) is 0 Å². The van der Waals surface area contributed by atoms with Crippen LogP contribution in [0.1, 0.15) is 47.4 Å². The molecule has 0 saturated carbocycles. The highest BCUT2D eigenvalue weighted by Crippen LogP contribution is 2.26. The van der Waals surface area contributed by atoms with E-state index in [9.17, 15) is 14.7 Å². The zero-order valence-corrected chi connectivity index (χ0v) is 17.0. The van der Waals surface area contributed by atoms with Crippen molar-refractivity contribution in [2.24, 2.45) is 0 Å². The zero-order chi connectivity index (χ0) is 20.3. The first kappa shape index (κ1) is 20.6. The SMILES string of the molecule is C[C@@H](O)c1ccc(CNC(=O)[C@H]2CCCN2C(=O)c2ccc(Cl)c(Cl)c2)cc1. The van der Waals surface area contributed by atoms with Gasteiger partial charge in [-0.25, -0.2) is 0 Å². The molecule has 0 unspecified atom stereocenters. The molecule has 1 aliphatic heterocycles. The Morgan fingerprint density at radius 2 is 1.89 bits per heavy atom. The number of nitrogens with one attached hydrogen (secondary N) is 1. The lowest BCUT2D eigenvalue weighted by Gasteiger charge is -2.24. The van der Waals surface area contributed by atoms with Gasteiger partial charge in [0.25, 0.3) is 5.91 Å². The fourth-order valence-corrected chi connectivity index (χ4v) is 3.60. The summed E-state index contributed by atoms with van der Waals surface area (Å²) in [6, 6.07) is 11.6. The van der Waals surface area contributed by atoms with Gasteiger partial charge in [0.05, 0.1) is 16.1 Å². The van der Waals surface area contributed by atoms with Gasteiger partial charge in [0.2, 0.25) is 5.91 Å². The Kier molecular flexibility index (Phi) is 6.60. The number of carbonyl (C=O) groups is 2. The van der Waals surface area contributed by atoms with E-state index < -0.39 is 12.1 Å². The summed E-state index contributed by atoms with van der Waals surface area (Å²) in [5.74, 6) is -0.400. The molecule has 0 aromatic heterocycles. The third-order valence-electron chi connectivity index (χ3n) is 4.91. The molecule has 0 bridgehead atoms. The molecule has 1 saturated heterocycles. The van der Waals surface area contributed by atoms with Crippen LogP contribution in [0.3, 0.4) is 0 Å². The summed E-state index contributed by atoms with van der Waals surface area (Å²) >= 11 is 11.9. The molecule has 7 heteroatoms. The van der Waals surface area contributed by atoms with Crippen LogP contribution in [0, 0.1) is 0 Å². The van der Waals surface area contributed by atoms with Crippen molar-refractivity contribution in [3.63, 3.8) is 0 Å². The maximum absolute atomic E-state index is 12.8. The molecule has 2 aromatic rings. The second kappa shape index (κ2) is 8.95. The van der Waals surface area contributed by atoms with E-state index in [4.69, 9.17) is 23.2 Å². The Bertz CT molecular complexity index is 868. The third-order valence-corrected chi connectivity index (χ3v) is 5.65. The summed E-state index contributed by atoms with van der Waals surface area (Å²) in [6.07, 6.45) is 0.872. The van der Waals surface area contributed by atoms with E-state index in [1.165, 1.54) is 6.07 Å². The van der Waals surface area contributed by atoms with E-state index in [1.807, 2.05) is 24.3 Å². The normalized spacial score (nSPS) is 17.4. The van der Waals surface area contributed by atoms with Crippen LogP contribution in [0.2, 0.25) is 10.0 Å². The molecule has 1 heterocycles. The minimum Gasteiger partial charge on any atom is -0.389 e. The minimum atomic E-state index is -0.525. The maximum Gasteiger partial charge on any atom is 0.254 e. The molecule has 0 spiro atoms. The first-order valence-electron chi connectivity index (χ1n) is 9.17. The molecule has 28 heavy (non-hydrogen) atoms. The highest BCUT2D eigenvalue weighted by atomic mass is 35.5. The van der Waals surface area contributed by atoms with E-state index in [2.05, 4.69) is 5.32 Å². The van der Waals surface area contributed by atoms with Crippen molar-refractivity contribution in [2.45, 2.75) is 38.5 Å².